The summed E-state index contributed by atoms with van der Waals surface area (Å²) in [5.41, 5.74) is 0.659. The molecule has 1 aromatic carbocycles. The van der Waals surface area contributed by atoms with E-state index in [-0.39, 0.29) is 16.8 Å². The van der Waals surface area contributed by atoms with Gasteiger partial charge in [0, 0.05) is 0 Å². The van der Waals surface area contributed by atoms with Crippen LogP contribution in [0.25, 0.3) is 0 Å². The van der Waals surface area contributed by atoms with E-state index in [2.05, 4.69) is 5.32 Å². The Kier molecular flexibility index (Phi) is 4.24. The molecular weight excluding hydrogens is 250 g/mol. The largest absolute Gasteiger partial charge is 0.508 e. The second kappa shape index (κ2) is 5.71. The van der Waals surface area contributed by atoms with Gasteiger partial charge < -0.3 is 10.4 Å². The highest BCUT2D eigenvalue weighted by Gasteiger charge is 2.26. The minimum atomic E-state index is -3.13. The van der Waals surface area contributed by atoms with Gasteiger partial charge >= 0.3 is 0 Å². The Bertz CT molecular complexity index is 491. The zero-order valence-corrected chi connectivity index (χ0v) is 11.1. The Morgan fingerprint density at radius 3 is 2.89 bits per heavy atom. The number of aromatic hydroxyl groups is 1. The molecule has 0 amide bonds. The summed E-state index contributed by atoms with van der Waals surface area (Å²) in [5, 5.41) is 12.3. The monoisotopic (exact) mass is 269 g/mol. The van der Waals surface area contributed by atoms with Crippen LogP contribution >= 0.6 is 0 Å². The number of phenols is 1. The van der Waals surface area contributed by atoms with Crippen molar-refractivity contribution in [3.05, 3.63) is 29.8 Å². The Hall–Kier alpha value is -1.07. The van der Waals surface area contributed by atoms with Crippen LogP contribution in [0, 0.1) is 0 Å². The van der Waals surface area contributed by atoms with Gasteiger partial charge in [-0.3, -0.25) is 0 Å². The molecule has 1 fully saturated rings. The topological polar surface area (TPSA) is 66.4 Å². The molecule has 0 bridgehead atoms. The highest BCUT2D eigenvalue weighted by molar-refractivity contribution is 7.91. The number of phenolic OH excluding ortho intramolecular Hbond substituents is 1. The predicted molar refractivity (Wildman–Crippen MR) is 71.2 cm³/mol. The fourth-order valence-electron chi connectivity index (χ4n) is 2.34. The summed E-state index contributed by atoms with van der Waals surface area (Å²) in [6, 6.07) is 6.49. The van der Waals surface area contributed by atoms with Gasteiger partial charge in [0.1, 0.15) is 5.75 Å². The van der Waals surface area contributed by atoms with Crippen molar-refractivity contribution in [2.24, 2.45) is 0 Å². The van der Waals surface area contributed by atoms with E-state index in [1.165, 1.54) is 6.07 Å². The number of rotatable bonds is 3. The standard InChI is InChI=1S/C13H19NO3S/c15-12-4-1-3-11(9-12)10-18(16,17)13-5-2-7-14-8-6-13/h1,3-4,9,13-15H,2,5-8,10H2. The highest BCUT2D eigenvalue weighted by atomic mass is 32.2. The molecule has 1 heterocycles. The number of hydrogen-bond acceptors (Lipinski definition) is 4. The van der Waals surface area contributed by atoms with Crippen LogP contribution < -0.4 is 5.32 Å². The number of hydrogen-bond donors (Lipinski definition) is 2. The van der Waals surface area contributed by atoms with Crippen molar-refractivity contribution in [1.82, 2.24) is 5.32 Å². The summed E-state index contributed by atoms with van der Waals surface area (Å²) in [4.78, 5) is 0. The molecule has 0 radical (unpaired) electrons. The van der Waals surface area contributed by atoms with E-state index in [9.17, 15) is 13.5 Å². The minimum Gasteiger partial charge on any atom is -0.508 e. The molecule has 1 aromatic rings. The molecule has 1 aliphatic heterocycles. The summed E-state index contributed by atoms with van der Waals surface area (Å²) < 4.78 is 24.6. The predicted octanol–water partition coefficient (Wildman–Crippen LogP) is 1.45. The first kappa shape index (κ1) is 13.4. The average Bonchev–Trinajstić information content (AvgIpc) is 2.57. The van der Waals surface area contributed by atoms with Gasteiger partial charge in [0.05, 0.1) is 11.0 Å². The van der Waals surface area contributed by atoms with E-state index in [1.54, 1.807) is 18.2 Å². The molecule has 4 nitrogen and oxygen atoms in total. The molecule has 0 spiro atoms. The molecule has 0 saturated carbocycles. The van der Waals surface area contributed by atoms with Crippen LogP contribution in [-0.4, -0.2) is 31.9 Å². The van der Waals surface area contributed by atoms with Gasteiger partial charge in [-0.1, -0.05) is 12.1 Å². The lowest BCUT2D eigenvalue weighted by Crippen LogP contribution is -2.24. The number of nitrogens with one attached hydrogen (secondary N) is 1. The first-order valence-electron chi connectivity index (χ1n) is 6.28. The fourth-order valence-corrected chi connectivity index (χ4v) is 4.23. The molecule has 5 heteroatoms. The first-order chi connectivity index (χ1) is 8.58. The molecule has 18 heavy (non-hydrogen) atoms. The van der Waals surface area contributed by atoms with Gasteiger partial charge in [-0.05, 0) is 50.0 Å². The minimum absolute atomic E-state index is 0.0199. The van der Waals surface area contributed by atoms with E-state index in [4.69, 9.17) is 0 Å². The molecule has 1 saturated heterocycles. The molecule has 1 unspecified atom stereocenters. The molecule has 2 N–H and O–H groups in total. The van der Waals surface area contributed by atoms with Crippen LogP contribution in [-0.2, 0) is 15.6 Å². The zero-order chi connectivity index (χ0) is 13.0. The summed E-state index contributed by atoms with van der Waals surface area (Å²) in [6.07, 6.45) is 2.32. The molecule has 1 atom stereocenters. The molecule has 0 aliphatic carbocycles. The number of sulfone groups is 1. The molecule has 0 aromatic heterocycles. The van der Waals surface area contributed by atoms with Gasteiger partial charge in [-0.25, -0.2) is 8.42 Å². The lowest BCUT2D eigenvalue weighted by Gasteiger charge is -2.14. The summed E-state index contributed by atoms with van der Waals surface area (Å²) >= 11 is 0. The van der Waals surface area contributed by atoms with Gasteiger partial charge in [-0.15, -0.1) is 0 Å². The SMILES string of the molecule is O=S(=O)(Cc1cccc(O)c1)C1CCCNCC1. The lowest BCUT2D eigenvalue weighted by atomic mass is 10.2. The van der Waals surface area contributed by atoms with Crippen molar-refractivity contribution >= 4 is 9.84 Å². The Balaban J connectivity index is 2.10. The van der Waals surface area contributed by atoms with Crippen LogP contribution in [0.4, 0.5) is 0 Å². The lowest BCUT2D eigenvalue weighted by molar-refractivity contribution is 0.475. The zero-order valence-electron chi connectivity index (χ0n) is 10.3. The highest BCUT2D eigenvalue weighted by Crippen LogP contribution is 2.21. The van der Waals surface area contributed by atoms with Crippen LogP contribution in [0.5, 0.6) is 5.75 Å². The molecular formula is C13H19NO3S. The average molecular weight is 269 g/mol. The Labute approximate surface area is 108 Å². The molecule has 1 aliphatic rings. The van der Waals surface area contributed by atoms with Gasteiger partial charge in [-0.2, -0.15) is 0 Å². The van der Waals surface area contributed by atoms with Crippen LogP contribution in [0.15, 0.2) is 24.3 Å². The van der Waals surface area contributed by atoms with Gasteiger partial charge in [0.15, 0.2) is 9.84 Å². The van der Waals surface area contributed by atoms with Crippen molar-refractivity contribution in [3.8, 4) is 5.75 Å². The van der Waals surface area contributed by atoms with Crippen molar-refractivity contribution in [3.63, 3.8) is 0 Å². The van der Waals surface area contributed by atoms with E-state index in [0.29, 0.717) is 12.0 Å². The quantitative estimate of drug-likeness (QED) is 0.871. The first-order valence-corrected chi connectivity index (χ1v) is 8.00. The molecule has 2 rings (SSSR count). The van der Waals surface area contributed by atoms with Crippen molar-refractivity contribution in [2.75, 3.05) is 13.1 Å². The molecule has 100 valence electrons. The summed E-state index contributed by atoms with van der Waals surface area (Å²) in [6.45, 7) is 1.67. The van der Waals surface area contributed by atoms with E-state index < -0.39 is 9.84 Å². The van der Waals surface area contributed by atoms with Crippen molar-refractivity contribution in [1.29, 1.82) is 0 Å². The van der Waals surface area contributed by atoms with Crippen molar-refractivity contribution < 1.29 is 13.5 Å². The maximum atomic E-state index is 12.3. The number of benzene rings is 1. The van der Waals surface area contributed by atoms with E-state index in [0.717, 1.165) is 25.9 Å². The van der Waals surface area contributed by atoms with Gasteiger partial charge in [0.25, 0.3) is 0 Å². The summed E-state index contributed by atoms with van der Waals surface area (Å²) in [5.74, 6) is 0.136. The van der Waals surface area contributed by atoms with E-state index in [1.807, 2.05) is 0 Å². The van der Waals surface area contributed by atoms with E-state index >= 15 is 0 Å². The van der Waals surface area contributed by atoms with Crippen LogP contribution in [0.2, 0.25) is 0 Å². The smallest absolute Gasteiger partial charge is 0.157 e. The van der Waals surface area contributed by atoms with Crippen molar-refractivity contribution in [2.45, 2.75) is 30.3 Å². The third-order valence-corrected chi connectivity index (χ3v) is 5.53. The summed E-state index contributed by atoms with van der Waals surface area (Å²) in [7, 11) is -3.13. The fraction of sp³-hybridized carbons (Fsp3) is 0.538. The second-order valence-electron chi connectivity index (χ2n) is 4.78. The van der Waals surface area contributed by atoms with Gasteiger partial charge in [0.2, 0.25) is 0 Å². The Morgan fingerprint density at radius 1 is 1.28 bits per heavy atom. The van der Waals surface area contributed by atoms with Crippen LogP contribution in [0.1, 0.15) is 24.8 Å². The Morgan fingerprint density at radius 2 is 2.11 bits per heavy atom. The maximum Gasteiger partial charge on any atom is 0.157 e. The van der Waals surface area contributed by atoms with Crippen LogP contribution in [0.3, 0.4) is 0 Å². The second-order valence-corrected chi connectivity index (χ2v) is 7.06. The third kappa shape index (κ3) is 3.46. The maximum absolute atomic E-state index is 12.3. The third-order valence-electron chi connectivity index (χ3n) is 3.31. The normalized spacial score (nSPS) is 21.4.